The maximum atomic E-state index is 5.81. The van der Waals surface area contributed by atoms with Crippen LogP contribution in [-0.2, 0) is 0 Å². The van der Waals surface area contributed by atoms with Gasteiger partial charge >= 0.3 is 6.08 Å². The molecule has 0 amide bonds. The molecule has 0 fully saturated rings. The number of ether oxygens (including phenoxy) is 2. The van der Waals surface area contributed by atoms with Gasteiger partial charge < -0.3 is 13.9 Å². The van der Waals surface area contributed by atoms with E-state index in [-0.39, 0.29) is 6.08 Å². The van der Waals surface area contributed by atoms with Crippen LogP contribution >= 0.6 is 11.6 Å². The van der Waals surface area contributed by atoms with Gasteiger partial charge in [0.15, 0.2) is 0 Å². The number of rotatable bonds is 7. The number of benzene rings is 2. The largest absolute Gasteiger partial charge is 0.493 e. The SMILES string of the molecule is Clc1ccc(OCCCOc2nnc(-c3ccccc3)o2)cc1. The Balaban J connectivity index is 1.41. The molecule has 1 aromatic heterocycles. The Kier molecular flexibility index (Phi) is 5.11. The molecule has 5 nitrogen and oxygen atoms in total. The summed E-state index contributed by atoms with van der Waals surface area (Å²) in [4.78, 5) is 0. The second-order valence-corrected chi connectivity index (χ2v) is 5.18. The molecule has 0 saturated carbocycles. The Morgan fingerprint density at radius 3 is 2.39 bits per heavy atom. The monoisotopic (exact) mass is 330 g/mol. The van der Waals surface area contributed by atoms with E-state index in [0.717, 1.165) is 11.3 Å². The van der Waals surface area contributed by atoms with Gasteiger partial charge in [-0.3, -0.25) is 0 Å². The molecule has 0 N–H and O–H groups in total. The maximum absolute atomic E-state index is 5.81. The molecule has 0 aliphatic heterocycles. The zero-order valence-electron chi connectivity index (χ0n) is 12.3. The van der Waals surface area contributed by atoms with Crippen LogP contribution in [-0.4, -0.2) is 23.4 Å². The van der Waals surface area contributed by atoms with E-state index >= 15 is 0 Å². The van der Waals surface area contributed by atoms with Crippen LogP contribution in [0.1, 0.15) is 6.42 Å². The molecule has 2 aromatic carbocycles. The molecule has 0 atom stereocenters. The highest BCUT2D eigenvalue weighted by Gasteiger charge is 2.08. The molecule has 0 radical (unpaired) electrons. The molecule has 0 unspecified atom stereocenters. The van der Waals surface area contributed by atoms with Crippen LogP contribution in [0.5, 0.6) is 11.8 Å². The number of aromatic nitrogens is 2. The van der Waals surface area contributed by atoms with Crippen molar-refractivity contribution < 1.29 is 13.9 Å². The van der Waals surface area contributed by atoms with Gasteiger partial charge in [-0.25, -0.2) is 0 Å². The summed E-state index contributed by atoms with van der Waals surface area (Å²) in [6.45, 7) is 0.964. The molecule has 1 heterocycles. The Labute approximate surface area is 138 Å². The summed E-state index contributed by atoms with van der Waals surface area (Å²) in [6.07, 6.45) is 0.862. The van der Waals surface area contributed by atoms with E-state index in [4.69, 9.17) is 25.5 Å². The van der Waals surface area contributed by atoms with Crippen LogP contribution in [0, 0.1) is 0 Å². The summed E-state index contributed by atoms with van der Waals surface area (Å²) in [5.74, 6) is 1.22. The molecule has 23 heavy (non-hydrogen) atoms. The molecule has 6 heteroatoms. The molecular weight excluding hydrogens is 316 g/mol. The van der Waals surface area contributed by atoms with Gasteiger partial charge in [0.2, 0.25) is 0 Å². The minimum absolute atomic E-state index is 0.162. The van der Waals surface area contributed by atoms with Crippen molar-refractivity contribution in [3.8, 4) is 23.3 Å². The molecule has 0 aliphatic rings. The van der Waals surface area contributed by atoms with Crippen LogP contribution in [0.15, 0.2) is 59.0 Å². The summed E-state index contributed by atoms with van der Waals surface area (Å²) in [5, 5.41) is 8.51. The normalized spacial score (nSPS) is 10.5. The van der Waals surface area contributed by atoms with Crippen molar-refractivity contribution in [2.45, 2.75) is 6.42 Å². The van der Waals surface area contributed by atoms with Gasteiger partial charge in [-0.2, -0.15) is 0 Å². The average Bonchev–Trinajstić information content (AvgIpc) is 3.06. The zero-order valence-corrected chi connectivity index (χ0v) is 13.1. The third kappa shape index (κ3) is 4.47. The molecule has 3 aromatic rings. The van der Waals surface area contributed by atoms with Crippen molar-refractivity contribution >= 4 is 11.6 Å². The second-order valence-electron chi connectivity index (χ2n) is 4.74. The fraction of sp³-hybridized carbons (Fsp3) is 0.176. The van der Waals surface area contributed by atoms with E-state index < -0.39 is 0 Å². The summed E-state index contributed by atoms with van der Waals surface area (Å²) >= 11 is 5.81. The molecule has 118 valence electrons. The standard InChI is InChI=1S/C17H15ClN2O3/c18-14-7-9-15(10-8-14)21-11-4-12-22-17-20-19-16(23-17)13-5-2-1-3-6-13/h1-3,5-10H,4,11-12H2. The lowest BCUT2D eigenvalue weighted by Crippen LogP contribution is -2.05. The molecular formula is C17H15ClN2O3. The highest BCUT2D eigenvalue weighted by Crippen LogP contribution is 2.20. The fourth-order valence-corrected chi connectivity index (χ4v) is 2.03. The summed E-state index contributed by atoms with van der Waals surface area (Å²) in [6, 6.07) is 16.8. The van der Waals surface area contributed by atoms with E-state index in [1.54, 1.807) is 12.1 Å². The van der Waals surface area contributed by atoms with Crippen molar-refractivity contribution in [2.24, 2.45) is 0 Å². The minimum Gasteiger partial charge on any atom is -0.493 e. The predicted octanol–water partition coefficient (Wildman–Crippen LogP) is 4.24. The van der Waals surface area contributed by atoms with Gasteiger partial charge in [0, 0.05) is 17.0 Å². The van der Waals surface area contributed by atoms with Crippen molar-refractivity contribution in [2.75, 3.05) is 13.2 Å². The fourth-order valence-electron chi connectivity index (χ4n) is 1.90. The Bertz CT molecular complexity index is 729. The lowest BCUT2D eigenvalue weighted by molar-refractivity contribution is 0.203. The van der Waals surface area contributed by atoms with Crippen molar-refractivity contribution in [1.29, 1.82) is 0 Å². The van der Waals surface area contributed by atoms with Gasteiger partial charge in [-0.05, 0) is 36.4 Å². The summed E-state index contributed by atoms with van der Waals surface area (Å²) in [5.41, 5.74) is 0.862. The maximum Gasteiger partial charge on any atom is 0.414 e. The topological polar surface area (TPSA) is 57.4 Å². The van der Waals surface area contributed by atoms with Crippen molar-refractivity contribution in [1.82, 2.24) is 10.2 Å². The van der Waals surface area contributed by atoms with Crippen LogP contribution < -0.4 is 9.47 Å². The smallest absolute Gasteiger partial charge is 0.414 e. The Hall–Kier alpha value is -2.53. The summed E-state index contributed by atoms with van der Waals surface area (Å²) < 4.78 is 16.4. The number of hydrogen-bond donors (Lipinski definition) is 0. The van der Waals surface area contributed by atoms with Crippen LogP contribution in [0.25, 0.3) is 11.5 Å². The van der Waals surface area contributed by atoms with Crippen molar-refractivity contribution in [3.05, 3.63) is 59.6 Å². The average molecular weight is 331 g/mol. The van der Waals surface area contributed by atoms with Crippen molar-refractivity contribution in [3.63, 3.8) is 0 Å². The van der Waals surface area contributed by atoms with Gasteiger partial charge in [0.25, 0.3) is 5.89 Å². The highest BCUT2D eigenvalue weighted by atomic mass is 35.5. The molecule has 0 bridgehead atoms. The zero-order chi connectivity index (χ0) is 15.9. The first kappa shape index (κ1) is 15.4. The lowest BCUT2D eigenvalue weighted by Gasteiger charge is -2.05. The van der Waals surface area contributed by atoms with E-state index in [1.807, 2.05) is 42.5 Å². The first-order chi connectivity index (χ1) is 11.3. The van der Waals surface area contributed by atoms with E-state index in [9.17, 15) is 0 Å². The van der Waals surface area contributed by atoms with Gasteiger partial charge in [0.1, 0.15) is 5.75 Å². The van der Waals surface area contributed by atoms with Gasteiger partial charge in [-0.1, -0.05) is 34.9 Å². The minimum atomic E-state index is 0.162. The van der Waals surface area contributed by atoms with E-state index in [1.165, 1.54) is 0 Å². The third-order valence-electron chi connectivity index (χ3n) is 3.02. The lowest BCUT2D eigenvalue weighted by atomic mass is 10.2. The quantitative estimate of drug-likeness (QED) is 0.606. The molecule has 0 saturated heterocycles. The third-order valence-corrected chi connectivity index (χ3v) is 3.28. The molecule has 0 spiro atoms. The van der Waals surface area contributed by atoms with Crippen LogP contribution in [0.3, 0.4) is 0 Å². The summed E-state index contributed by atoms with van der Waals surface area (Å²) in [7, 11) is 0. The Morgan fingerprint density at radius 1 is 0.870 bits per heavy atom. The number of hydrogen-bond acceptors (Lipinski definition) is 5. The number of halogens is 1. The van der Waals surface area contributed by atoms with Gasteiger partial charge in [-0.15, -0.1) is 5.10 Å². The second kappa shape index (κ2) is 7.65. The molecule has 3 rings (SSSR count). The first-order valence-corrected chi connectivity index (χ1v) is 7.59. The predicted molar refractivity (Wildman–Crippen MR) is 86.8 cm³/mol. The first-order valence-electron chi connectivity index (χ1n) is 7.21. The highest BCUT2D eigenvalue weighted by molar-refractivity contribution is 6.30. The molecule has 0 aliphatic carbocycles. The number of nitrogens with zero attached hydrogens (tertiary/aromatic N) is 2. The van der Waals surface area contributed by atoms with Crippen LogP contribution in [0.4, 0.5) is 0 Å². The van der Waals surface area contributed by atoms with Gasteiger partial charge in [0.05, 0.1) is 13.2 Å². The van der Waals surface area contributed by atoms with Crippen LogP contribution in [0.2, 0.25) is 5.02 Å². The van der Waals surface area contributed by atoms with E-state index in [2.05, 4.69) is 10.2 Å². The van der Waals surface area contributed by atoms with E-state index in [0.29, 0.717) is 30.5 Å². The Morgan fingerprint density at radius 2 is 1.61 bits per heavy atom.